The molecule has 0 unspecified atom stereocenters. The Labute approximate surface area is 304 Å². The third-order valence-corrected chi connectivity index (χ3v) is 7.87. The number of amides is 2. The van der Waals surface area contributed by atoms with Crippen LogP contribution in [-0.2, 0) is 43.3 Å². The van der Waals surface area contributed by atoms with Gasteiger partial charge in [0.1, 0.15) is 0 Å². The van der Waals surface area contributed by atoms with Gasteiger partial charge < -0.3 is 10.5 Å². The van der Waals surface area contributed by atoms with Gasteiger partial charge in [0, 0.05) is 0 Å². The summed E-state index contributed by atoms with van der Waals surface area (Å²) >= 11 is -0.826. The predicted octanol–water partition coefficient (Wildman–Crippen LogP) is 10.4. The van der Waals surface area contributed by atoms with Crippen LogP contribution in [0.1, 0.15) is 48.9 Å². The molecule has 0 atom stereocenters. The van der Waals surface area contributed by atoms with Crippen molar-refractivity contribution in [2.24, 2.45) is 0 Å². The molecule has 0 bridgehead atoms. The van der Waals surface area contributed by atoms with Crippen molar-refractivity contribution in [3.8, 4) is 22.3 Å². The van der Waals surface area contributed by atoms with E-state index in [2.05, 4.69) is 147 Å². The second kappa shape index (κ2) is 21.5. The average Bonchev–Trinajstić information content (AvgIpc) is 3.70. The molecule has 0 spiro atoms. The zero-order valence-corrected chi connectivity index (χ0v) is 32.0. The number of rotatable bonds is 10. The van der Waals surface area contributed by atoms with Gasteiger partial charge in [0.2, 0.25) is 0 Å². The summed E-state index contributed by atoms with van der Waals surface area (Å²) < 4.78 is 0. The number of carbonyl (C=O) groups is 2. The van der Waals surface area contributed by atoms with E-state index in [9.17, 15) is 9.59 Å². The zero-order valence-electron chi connectivity index (χ0n) is 28.0. The first kappa shape index (κ1) is 39.0. The number of hydrogen-bond donors (Lipinski definition) is 2. The molecule has 0 saturated carbocycles. The Balaban J connectivity index is 0.000000205. The van der Waals surface area contributed by atoms with Crippen LogP contribution in [-0.4, -0.2) is 20.4 Å². The normalized spacial score (nSPS) is 9.88. The summed E-state index contributed by atoms with van der Waals surface area (Å²) in [7, 11) is 11.0. The number of halogens is 2. The van der Waals surface area contributed by atoms with Crippen molar-refractivity contribution in [3.63, 3.8) is 0 Å². The fourth-order valence-electron chi connectivity index (χ4n) is 5.80. The molecule has 0 aliphatic carbocycles. The summed E-state index contributed by atoms with van der Waals surface area (Å²) in [6.07, 6.45) is 5.66. The van der Waals surface area contributed by atoms with Gasteiger partial charge in [-0.2, -0.15) is 12.1 Å². The van der Waals surface area contributed by atoms with Crippen LogP contribution in [0.5, 0.6) is 0 Å². The van der Waals surface area contributed by atoms with Gasteiger partial charge in [0.15, 0.2) is 12.8 Å². The second-order valence-corrected chi connectivity index (χ2v) is 15.0. The first-order chi connectivity index (χ1) is 23.4. The van der Waals surface area contributed by atoms with Crippen LogP contribution in [0.15, 0.2) is 109 Å². The first-order valence-electron chi connectivity index (χ1n) is 16.1. The van der Waals surface area contributed by atoms with Crippen molar-refractivity contribution in [2.75, 3.05) is 0 Å². The van der Waals surface area contributed by atoms with Crippen molar-refractivity contribution in [1.29, 1.82) is 0 Å². The summed E-state index contributed by atoms with van der Waals surface area (Å²) in [6, 6.07) is 39.9. The van der Waals surface area contributed by atoms with Gasteiger partial charge in [-0.05, 0) is 48.9 Å². The average molecular weight is 756 g/mol. The monoisotopic (exact) mass is 753 g/mol. The van der Waals surface area contributed by atoms with E-state index in [-0.39, 0.29) is 0 Å². The van der Waals surface area contributed by atoms with Gasteiger partial charge in [-0.3, -0.25) is 9.59 Å². The molecule has 8 heteroatoms. The fraction of sp³-hybridized carbons (Fsp3) is 0.200. The van der Waals surface area contributed by atoms with Gasteiger partial charge in [-0.25, -0.2) is 0 Å². The van der Waals surface area contributed by atoms with Crippen molar-refractivity contribution in [1.82, 2.24) is 10.5 Å². The Bertz CT molecular complexity index is 1730. The maximum absolute atomic E-state index is 9.38. The summed E-state index contributed by atoms with van der Waals surface area (Å²) in [5.41, 5.74) is 11.0. The van der Waals surface area contributed by atoms with Crippen molar-refractivity contribution in [2.45, 2.75) is 53.4 Å². The van der Waals surface area contributed by atoms with E-state index in [0.717, 1.165) is 7.55 Å². The van der Waals surface area contributed by atoms with E-state index in [1.54, 1.807) is 0 Å². The molecule has 0 aliphatic heterocycles. The molecule has 6 aromatic rings. The van der Waals surface area contributed by atoms with Crippen LogP contribution >= 0.6 is 17.0 Å². The number of hydrogen-bond acceptors (Lipinski definition) is 2. The molecule has 48 heavy (non-hydrogen) atoms. The van der Waals surface area contributed by atoms with Crippen molar-refractivity contribution in [3.05, 3.63) is 131 Å². The number of benzene rings is 4. The van der Waals surface area contributed by atoms with Crippen molar-refractivity contribution < 1.29 is 30.4 Å². The van der Waals surface area contributed by atoms with E-state index in [1.165, 1.54) is 91.7 Å². The molecule has 2 amide bonds. The van der Waals surface area contributed by atoms with E-state index < -0.39 is 20.8 Å². The summed E-state index contributed by atoms with van der Waals surface area (Å²) in [5, 5.41) is 9.71. The molecule has 0 aromatic heterocycles. The molecule has 2 N–H and O–H groups in total. The second-order valence-electron chi connectivity index (χ2n) is 11.3. The first-order valence-corrected chi connectivity index (χ1v) is 22.4. The molecular formula is C40H42BCl2N2O2Zr. The Morgan fingerprint density at radius 1 is 0.625 bits per heavy atom. The Morgan fingerprint density at radius 2 is 1.00 bits per heavy atom. The summed E-state index contributed by atoms with van der Waals surface area (Å²) in [6.45, 7) is 8.84. The number of carbonyl (C=O) groups excluding carboxylic acids is 2. The number of nitrogens with one attached hydrogen (secondary N) is 2. The standard InChI is InChI=1S/2C19H19.C2H4BN2O2.2ClH.Zr/c2*1-3-7-15-12-16-9-6-11-18(19(16)13-15)17-10-5-4-8-14(17)2;6-1-4-3-5-2-7;;;/h2*4-6,8-13H,3,7H2,1-2H3;1-2H,(H,4,6)(H,5,7);2*1H;/q2*-1;;;;+4/p-2. The summed E-state index contributed by atoms with van der Waals surface area (Å²) in [4.78, 5) is 18.8. The van der Waals surface area contributed by atoms with E-state index in [4.69, 9.17) is 17.0 Å². The maximum atomic E-state index is 9.38. The minimum atomic E-state index is -0.826. The molecule has 1 radical (unpaired) electrons. The molecule has 245 valence electrons. The molecule has 6 aromatic carbocycles. The molecular weight excluding hydrogens is 713 g/mol. The minimum absolute atomic E-state index is 0.455. The van der Waals surface area contributed by atoms with E-state index in [0.29, 0.717) is 12.8 Å². The van der Waals surface area contributed by atoms with Gasteiger partial charge in [-0.15, -0.1) is 69.1 Å². The van der Waals surface area contributed by atoms with Crippen molar-refractivity contribution >= 4 is 58.9 Å². The van der Waals surface area contributed by atoms with Crippen LogP contribution in [0, 0.1) is 13.8 Å². The molecule has 0 saturated heterocycles. The zero-order chi connectivity index (χ0) is 34.7. The number of aryl methyl sites for hydroxylation is 4. The molecule has 6 rings (SSSR count). The molecule has 0 heterocycles. The van der Waals surface area contributed by atoms with Gasteiger partial charge in [0.05, 0.1) is 0 Å². The van der Waals surface area contributed by atoms with Crippen LogP contribution in [0.3, 0.4) is 0 Å². The van der Waals surface area contributed by atoms with Crippen LogP contribution in [0.25, 0.3) is 43.8 Å². The topological polar surface area (TPSA) is 58.2 Å². The van der Waals surface area contributed by atoms with E-state index >= 15 is 0 Å². The van der Waals surface area contributed by atoms with E-state index in [1.807, 2.05) is 0 Å². The predicted molar refractivity (Wildman–Crippen MR) is 203 cm³/mol. The SMILES string of the molecule is CCCc1cc2c(-c3ccccc3C)cccc2[cH-]1.CCCc1cc2c(-c3ccccc3C)cccc2[cH-]1.O=CN[B]NC=O.[Cl][Zr+2][Cl]. The Hall–Kier alpha value is -3.43. The van der Waals surface area contributed by atoms with Crippen LogP contribution in [0.2, 0.25) is 0 Å². The summed E-state index contributed by atoms with van der Waals surface area (Å²) in [5.74, 6) is 0. The third kappa shape index (κ3) is 11.3. The van der Waals surface area contributed by atoms with Crippen LogP contribution in [0.4, 0.5) is 0 Å². The van der Waals surface area contributed by atoms with Gasteiger partial charge in [-0.1, -0.05) is 98.5 Å². The number of fused-ring (bicyclic) bond motifs is 2. The van der Waals surface area contributed by atoms with Gasteiger partial charge in [0.25, 0.3) is 0 Å². The third-order valence-electron chi connectivity index (χ3n) is 7.87. The quantitative estimate of drug-likeness (QED) is 0.0633. The molecule has 0 fully saturated rings. The molecule has 4 nitrogen and oxygen atoms in total. The van der Waals surface area contributed by atoms with Crippen LogP contribution < -0.4 is 10.5 Å². The fourth-order valence-corrected chi connectivity index (χ4v) is 5.80. The Kier molecular flexibility index (Phi) is 17.5. The van der Waals surface area contributed by atoms with Gasteiger partial charge >= 0.3 is 45.4 Å². The molecule has 0 aliphatic rings. The Morgan fingerprint density at radius 3 is 1.35 bits per heavy atom.